The number of fused-ring (bicyclic) bond motifs is 1. The molecule has 1 unspecified atom stereocenters. The van der Waals surface area contributed by atoms with E-state index in [9.17, 15) is 4.79 Å². The Morgan fingerprint density at radius 3 is 2.88 bits per heavy atom. The number of carbonyl (C=O) groups is 1. The highest BCUT2D eigenvalue weighted by Gasteiger charge is 2.32. The number of hydrogen-bond acceptors (Lipinski definition) is 5. The molecule has 1 aliphatic heterocycles. The summed E-state index contributed by atoms with van der Waals surface area (Å²) in [6.07, 6.45) is 6.54. The molecule has 5 nitrogen and oxygen atoms in total. The molecule has 0 spiro atoms. The Hall–Kier alpha value is -1.66. The molecule has 6 heteroatoms. The van der Waals surface area contributed by atoms with E-state index in [1.807, 2.05) is 23.1 Å². The molecule has 1 amide bonds. The van der Waals surface area contributed by atoms with E-state index < -0.39 is 0 Å². The number of methoxy groups -OCH3 is 1. The van der Waals surface area contributed by atoms with Gasteiger partial charge >= 0.3 is 0 Å². The number of anilines is 1. The molecule has 2 aliphatic rings. The minimum Gasteiger partial charge on any atom is -0.497 e. The normalized spacial score (nSPS) is 21.1. The minimum absolute atomic E-state index is 0.131. The molecular weight excluding hydrogens is 336 g/mol. The van der Waals surface area contributed by atoms with Gasteiger partial charge in [-0.1, -0.05) is 24.2 Å². The Labute approximate surface area is 151 Å². The largest absolute Gasteiger partial charge is 0.497 e. The van der Waals surface area contributed by atoms with Crippen LogP contribution >= 0.6 is 11.3 Å². The monoisotopic (exact) mass is 360 g/mol. The molecule has 1 aromatic heterocycles. The van der Waals surface area contributed by atoms with Gasteiger partial charge in [-0.15, -0.1) is 0 Å². The molecule has 134 valence electrons. The van der Waals surface area contributed by atoms with Gasteiger partial charge in [0.25, 0.3) is 0 Å². The predicted octanol–water partition coefficient (Wildman–Crippen LogP) is 4.01. The standard InChI is InChI=1S/C19H24N2O3S/c1-23-14-8-9-17-16(11-14)20-19(25-17)21(12-15-7-4-10-24-15)18(22)13-5-2-3-6-13/h8-9,11,13,15H,2-7,10,12H2,1H3. The number of thiazole rings is 1. The number of rotatable bonds is 5. The van der Waals surface area contributed by atoms with Gasteiger partial charge in [-0.2, -0.15) is 0 Å². The van der Waals surface area contributed by atoms with Crippen LogP contribution in [-0.4, -0.2) is 37.3 Å². The highest BCUT2D eigenvalue weighted by molar-refractivity contribution is 7.22. The summed E-state index contributed by atoms with van der Waals surface area (Å²) in [5, 5.41) is 0.788. The molecular formula is C19H24N2O3S. The summed E-state index contributed by atoms with van der Waals surface area (Å²) in [6.45, 7) is 1.42. The second-order valence-electron chi connectivity index (χ2n) is 6.90. The van der Waals surface area contributed by atoms with Crippen molar-refractivity contribution < 1.29 is 14.3 Å². The van der Waals surface area contributed by atoms with E-state index in [1.54, 1.807) is 18.4 Å². The molecule has 2 aromatic rings. The van der Waals surface area contributed by atoms with Gasteiger partial charge < -0.3 is 9.47 Å². The third kappa shape index (κ3) is 3.51. The third-order valence-electron chi connectivity index (χ3n) is 5.19. The fraction of sp³-hybridized carbons (Fsp3) is 0.579. The zero-order chi connectivity index (χ0) is 17.2. The topological polar surface area (TPSA) is 51.7 Å². The highest BCUT2D eigenvalue weighted by atomic mass is 32.1. The van der Waals surface area contributed by atoms with E-state index in [1.165, 1.54) is 0 Å². The van der Waals surface area contributed by atoms with Crippen LogP contribution in [0.15, 0.2) is 18.2 Å². The van der Waals surface area contributed by atoms with Crippen molar-refractivity contribution >= 4 is 32.6 Å². The van der Waals surface area contributed by atoms with E-state index in [4.69, 9.17) is 14.5 Å². The average Bonchev–Trinajstić information content (AvgIpc) is 3.39. The van der Waals surface area contributed by atoms with Crippen molar-refractivity contribution in [2.24, 2.45) is 5.92 Å². The molecule has 25 heavy (non-hydrogen) atoms. The lowest BCUT2D eigenvalue weighted by atomic mass is 10.1. The van der Waals surface area contributed by atoms with Crippen molar-refractivity contribution in [2.75, 3.05) is 25.2 Å². The first-order chi connectivity index (χ1) is 12.2. The fourth-order valence-corrected chi connectivity index (χ4v) is 4.75. The van der Waals surface area contributed by atoms with Crippen molar-refractivity contribution in [3.8, 4) is 5.75 Å². The zero-order valence-corrected chi connectivity index (χ0v) is 15.4. The van der Waals surface area contributed by atoms with Gasteiger partial charge in [-0.25, -0.2) is 4.98 Å². The van der Waals surface area contributed by atoms with Gasteiger partial charge in [0.2, 0.25) is 5.91 Å². The maximum absolute atomic E-state index is 13.1. The maximum Gasteiger partial charge on any atom is 0.231 e. The molecule has 0 radical (unpaired) electrons. The molecule has 1 saturated heterocycles. The molecule has 0 bridgehead atoms. The Kier molecular flexibility index (Phi) is 4.90. The lowest BCUT2D eigenvalue weighted by Crippen LogP contribution is -2.40. The zero-order valence-electron chi connectivity index (χ0n) is 14.6. The van der Waals surface area contributed by atoms with Crippen LogP contribution in [0.2, 0.25) is 0 Å². The molecule has 1 saturated carbocycles. The summed E-state index contributed by atoms with van der Waals surface area (Å²) in [6, 6.07) is 5.88. The van der Waals surface area contributed by atoms with E-state index in [2.05, 4.69) is 0 Å². The average molecular weight is 360 g/mol. The number of hydrogen-bond donors (Lipinski definition) is 0. The number of amides is 1. The van der Waals surface area contributed by atoms with E-state index in [0.717, 1.165) is 66.2 Å². The van der Waals surface area contributed by atoms with Crippen molar-refractivity contribution in [2.45, 2.75) is 44.6 Å². The summed E-state index contributed by atoms with van der Waals surface area (Å²) in [5.74, 6) is 1.15. The van der Waals surface area contributed by atoms with Crippen LogP contribution in [0.25, 0.3) is 10.2 Å². The Bertz CT molecular complexity index is 748. The number of ether oxygens (including phenoxy) is 2. The van der Waals surface area contributed by atoms with Crippen molar-refractivity contribution in [1.82, 2.24) is 4.98 Å². The second-order valence-corrected chi connectivity index (χ2v) is 7.90. The van der Waals surface area contributed by atoms with Crippen LogP contribution in [-0.2, 0) is 9.53 Å². The smallest absolute Gasteiger partial charge is 0.231 e. The van der Waals surface area contributed by atoms with E-state index in [0.29, 0.717) is 6.54 Å². The first-order valence-corrected chi connectivity index (χ1v) is 9.94. The van der Waals surface area contributed by atoms with Gasteiger partial charge in [0.05, 0.1) is 30.0 Å². The third-order valence-corrected chi connectivity index (χ3v) is 6.25. The SMILES string of the molecule is COc1ccc2sc(N(CC3CCCO3)C(=O)C3CCCC3)nc2c1. The van der Waals surface area contributed by atoms with Crippen LogP contribution in [0.3, 0.4) is 0 Å². The first kappa shape index (κ1) is 16.8. The van der Waals surface area contributed by atoms with Gasteiger partial charge in [0, 0.05) is 18.6 Å². The van der Waals surface area contributed by atoms with Gasteiger partial charge in [0.15, 0.2) is 5.13 Å². The Balaban J connectivity index is 1.64. The summed E-state index contributed by atoms with van der Waals surface area (Å²) in [4.78, 5) is 19.8. The van der Waals surface area contributed by atoms with E-state index >= 15 is 0 Å². The molecule has 1 atom stereocenters. The summed E-state index contributed by atoms with van der Waals surface area (Å²) in [7, 11) is 1.65. The van der Waals surface area contributed by atoms with Crippen LogP contribution < -0.4 is 9.64 Å². The molecule has 1 aromatic carbocycles. The quantitative estimate of drug-likeness (QED) is 0.808. The van der Waals surface area contributed by atoms with Crippen LogP contribution in [0.1, 0.15) is 38.5 Å². The van der Waals surface area contributed by atoms with Crippen LogP contribution in [0, 0.1) is 5.92 Å². The predicted molar refractivity (Wildman–Crippen MR) is 99.5 cm³/mol. The molecule has 1 aliphatic carbocycles. The summed E-state index contributed by atoms with van der Waals surface area (Å²) < 4.78 is 12.2. The fourth-order valence-electron chi connectivity index (χ4n) is 3.78. The molecule has 4 rings (SSSR count). The van der Waals surface area contributed by atoms with Crippen molar-refractivity contribution in [3.63, 3.8) is 0 Å². The van der Waals surface area contributed by atoms with Gasteiger partial charge in [-0.3, -0.25) is 9.69 Å². The van der Waals surface area contributed by atoms with Crippen molar-refractivity contribution in [3.05, 3.63) is 18.2 Å². The number of carbonyl (C=O) groups excluding carboxylic acids is 1. The van der Waals surface area contributed by atoms with Gasteiger partial charge in [0.1, 0.15) is 5.75 Å². The van der Waals surface area contributed by atoms with Crippen LogP contribution in [0.4, 0.5) is 5.13 Å². The Morgan fingerprint density at radius 2 is 2.16 bits per heavy atom. The highest BCUT2D eigenvalue weighted by Crippen LogP contribution is 2.35. The lowest BCUT2D eigenvalue weighted by Gasteiger charge is -2.25. The second kappa shape index (κ2) is 7.30. The Morgan fingerprint density at radius 1 is 1.32 bits per heavy atom. The summed E-state index contributed by atoms with van der Waals surface area (Å²) in [5.41, 5.74) is 0.885. The van der Waals surface area contributed by atoms with Crippen molar-refractivity contribution in [1.29, 1.82) is 0 Å². The number of nitrogens with zero attached hydrogens (tertiary/aromatic N) is 2. The summed E-state index contributed by atoms with van der Waals surface area (Å²) >= 11 is 1.58. The molecule has 2 heterocycles. The number of benzene rings is 1. The maximum atomic E-state index is 13.1. The number of aromatic nitrogens is 1. The first-order valence-electron chi connectivity index (χ1n) is 9.12. The van der Waals surface area contributed by atoms with E-state index in [-0.39, 0.29) is 17.9 Å². The minimum atomic E-state index is 0.131. The molecule has 0 N–H and O–H groups in total. The molecule has 2 fully saturated rings. The van der Waals surface area contributed by atoms with Crippen LogP contribution in [0.5, 0.6) is 5.75 Å². The lowest BCUT2D eigenvalue weighted by molar-refractivity contribution is -0.122. The van der Waals surface area contributed by atoms with Gasteiger partial charge in [-0.05, 0) is 37.8 Å².